The molecule has 1 aromatic carbocycles. The van der Waals surface area contributed by atoms with Crippen LogP contribution in [0.2, 0.25) is 0 Å². The fourth-order valence-corrected chi connectivity index (χ4v) is 2.67. The maximum atomic E-state index is 14.3. The third kappa shape index (κ3) is 4.31. The number of rotatable bonds is 3. The summed E-state index contributed by atoms with van der Waals surface area (Å²) in [7, 11) is 1.60. The van der Waals surface area contributed by atoms with Crippen LogP contribution >= 0.6 is 0 Å². The van der Waals surface area contributed by atoms with Gasteiger partial charge in [-0.1, -0.05) is 12.0 Å². The van der Waals surface area contributed by atoms with Crippen molar-refractivity contribution in [3.05, 3.63) is 87.6 Å². The molecule has 0 saturated heterocycles. The van der Waals surface area contributed by atoms with Crippen molar-refractivity contribution in [1.82, 2.24) is 14.8 Å². The van der Waals surface area contributed by atoms with Crippen LogP contribution in [0, 0.1) is 35.3 Å². The van der Waals surface area contributed by atoms with Crippen molar-refractivity contribution in [3.8, 4) is 23.7 Å². The maximum absolute atomic E-state index is 14.3. The molecule has 0 bridgehead atoms. The van der Waals surface area contributed by atoms with Gasteiger partial charge in [-0.05, 0) is 47.6 Å². The number of nitrogens with one attached hydrogen (secondary N) is 1. The molecule has 0 saturated carbocycles. The third-order valence-corrected chi connectivity index (χ3v) is 4.02. The number of hydrogen-bond donors (Lipinski definition) is 1. The first-order valence-electron chi connectivity index (χ1n) is 8.14. The Morgan fingerprint density at radius 3 is 2.85 bits per heavy atom. The van der Waals surface area contributed by atoms with Crippen LogP contribution in [-0.2, 0) is 7.05 Å². The summed E-state index contributed by atoms with van der Waals surface area (Å²) in [6, 6.07) is 6.49. The Balaban J connectivity index is 1.97. The van der Waals surface area contributed by atoms with Gasteiger partial charge < -0.3 is 4.57 Å². The molecule has 0 radical (unpaired) electrons. The van der Waals surface area contributed by atoms with E-state index in [9.17, 15) is 13.6 Å². The molecule has 27 heavy (non-hydrogen) atoms. The number of aromatic nitrogens is 3. The fraction of sp³-hybridized carbons (Fsp3) is 0.143. The highest BCUT2D eigenvalue weighted by Gasteiger charge is 2.21. The number of halogens is 2. The number of aromatic amines is 1. The third-order valence-electron chi connectivity index (χ3n) is 4.02. The normalized spacial score (nSPS) is 11.1. The first-order valence-corrected chi connectivity index (χ1v) is 8.14. The van der Waals surface area contributed by atoms with E-state index in [4.69, 9.17) is 0 Å². The van der Waals surface area contributed by atoms with Gasteiger partial charge in [0.1, 0.15) is 11.6 Å². The zero-order valence-electron chi connectivity index (χ0n) is 14.5. The molecule has 0 fully saturated rings. The molecule has 0 spiro atoms. The van der Waals surface area contributed by atoms with Crippen molar-refractivity contribution in [2.45, 2.75) is 12.3 Å². The van der Waals surface area contributed by atoms with E-state index in [2.05, 4.69) is 33.9 Å². The molecule has 3 rings (SSSR count). The second-order valence-corrected chi connectivity index (χ2v) is 5.84. The molecule has 0 aliphatic carbocycles. The zero-order chi connectivity index (χ0) is 19.2. The Labute approximate surface area is 154 Å². The summed E-state index contributed by atoms with van der Waals surface area (Å²) in [6.45, 7) is 0. The van der Waals surface area contributed by atoms with Crippen molar-refractivity contribution in [2.24, 2.45) is 7.05 Å². The van der Waals surface area contributed by atoms with Gasteiger partial charge in [0.2, 0.25) is 0 Å². The largest absolute Gasteiger partial charge is 0.318 e. The SMILES string of the molecule is Cn1cccc(C(CC#CC#Cc2cn[nH]c2)c2cc(F)ccc2F)c1=O. The summed E-state index contributed by atoms with van der Waals surface area (Å²) < 4.78 is 29.4. The summed E-state index contributed by atoms with van der Waals surface area (Å²) in [4.78, 5) is 12.5. The van der Waals surface area contributed by atoms with E-state index in [1.165, 1.54) is 4.57 Å². The number of pyridine rings is 1. The van der Waals surface area contributed by atoms with Gasteiger partial charge >= 0.3 is 0 Å². The van der Waals surface area contributed by atoms with Crippen molar-refractivity contribution in [1.29, 1.82) is 0 Å². The summed E-state index contributed by atoms with van der Waals surface area (Å²) >= 11 is 0. The lowest BCUT2D eigenvalue weighted by molar-refractivity contribution is 0.574. The topological polar surface area (TPSA) is 50.7 Å². The van der Waals surface area contributed by atoms with Gasteiger partial charge in [-0.25, -0.2) is 8.78 Å². The molecule has 6 heteroatoms. The van der Waals surface area contributed by atoms with E-state index >= 15 is 0 Å². The number of hydrogen-bond acceptors (Lipinski definition) is 2. The molecular weight excluding hydrogens is 348 g/mol. The molecule has 0 aliphatic rings. The highest BCUT2D eigenvalue weighted by atomic mass is 19.1. The smallest absolute Gasteiger partial charge is 0.254 e. The van der Waals surface area contributed by atoms with E-state index in [0.29, 0.717) is 11.1 Å². The summed E-state index contributed by atoms with van der Waals surface area (Å²) in [5.41, 5.74) is 0.850. The van der Waals surface area contributed by atoms with Gasteiger partial charge in [0.05, 0.1) is 11.8 Å². The lowest BCUT2D eigenvalue weighted by atomic mass is 9.89. The Morgan fingerprint density at radius 1 is 1.22 bits per heavy atom. The lowest BCUT2D eigenvalue weighted by Crippen LogP contribution is -2.23. The Kier molecular flexibility index (Phi) is 5.49. The summed E-state index contributed by atoms with van der Waals surface area (Å²) in [6.07, 6.45) is 4.92. The molecular formula is C21H15F2N3O. The van der Waals surface area contributed by atoms with Crippen LogP contribution < -0.4 is 5.56 Å². The molecule has 2 aromatic heterocycles. The van der Waals surface area contributed by atoms with Gasteiger partial charge in [0.15, 0.2) is 0 Å². The molecule has 1 N–H and O–H groups in total. The first-order chi connectivity index (χ1) is 13.1. The number of H-pyrrole nitrogens is 1. The molecule has 0 aliphatic heterocycles. The van der Waals surface area contributed by atoms with Gasteiger partial charge in [0.25, 0.3) is 5.56 Å². The quantitative estimate of drug-likeness (QED) is 0.728. The molecule has 3 aromatic rings. The minimum Gasteiger partial charge on any atom is -0.318 e. The number of nitrogens with zero attached hydrogens (tertiary/aromatic N) is 2. The zero-order valence-corrected chi connectivity index (χ0v) is 14.5. The monoisotopic (exact) mass is 363 g/mol. The highest BCUT2D eigenvalue weighted by molar-refractivity contribution is 5.39. The first kappa shape index (κ1) is 18.2. The number of aryl methyl sites for hydroxylation is 1. The van der Waals surface area contributed by atoms with Crippen LogP contribution in [0.3, 0.4) is 0 Å². The Bertz CT molecular complexity index is 1130. The van der Waals surface area contributed by atoms with Crippen molar-refractivity contribution >= 4 is 0 Å². The van der Waals surface area contributed by atoms with Crippen molar-refractivity contribution in [2.75, 3.05) is 0 Å². The average Bonchev–Trinajstić information content (AvgIpc) is 3.17. The van der Waals surface area contributed by atoms with E-state index < -0.39 is 17.6 Å². The van der Waals surface area contributed by atoms with E-state index in [-0.39, 0.29) is 17.5 Å². The molecule has 1 atom stereocenters. The van der Waals surface area contributed by atoms with Gasteiger partial charge in [-0.3, -0.25) is 9.89 Å². The van der Waals surface area contributed by atoms with Gasteiger partial charge in [-0.15, -0.1) is 0 Å². The molecule has 4 nitrogen and oxygen atoms in total. The van der Waals surface area contributed by atoms with E-state index in [1.54, 1.807) is 37.8 Å². The molecule has 134 valence electrons. The summed E-state index contributed by atoms with van der Waals surface area (Å²) in [5, 5.41) is 6.41. The molecule has 2 heterocycles. The fourth-order valence-electron chi connectivity index (χ4n) is 2.67. The van der Waals surface area contributed by atoms with Crippen molar-refractivity contribution in [3.63, 3.8) is 0 Å². The maximum Gasteiger partial charge on any atom is 0.254 e. The van der Waals surface area contributed by atoms with E-state index in [1.807, 2.05) is 0 Å². The van der Waals surface area contributed by atoms with Crippen LogP contribution in [0.15, 0.2) is 53.7 Å². The van der Waals surface area contributed by atoms with Crippen molar-refractivity contribution < 1.29 is 8.78 Å². The second kappa shape index (κ2) is 8.16. The molecule has 1 unspecified atom stereocenters. The van der Waals surface area contributed by atoms with Gasteiger partial charge in [-0.2, -0.15) is 5.10 Å². The van der Waals surface area contributed by atoms with Crippen LogP contribution in [0.1, 0.15) is 29.0 Å². The minimum absolute atomic E-state index is 0.0930. The van der Waals surface area contributed by atoms with E-state index in [0.717, 1.165) is 18.2 Å². The average molecular weight is 363 g/mol. The molecule has 0 amide bonds. The van der Waals surface area contributed by atoms with Gasteiger partial charge in [0, 0.05) is 37.3 Å². The van der Waals surface area contributed by atoms with Crippen LogP contribution in [0.4, 0.5) is 8.78 Å². The van der Waals surface area contributed by atoms with Crippen LogP contribution in [0.25, 0.3) is 0 Å². The highest BCUT2D eigenvalue weighted by Crippen LogP contribution is 2.28. The Morgan fingerprint density at radius 2 is 2.07 bits per heavy atom. The lowest BCUT2D eigenvalue weighted by Gasteiger charge is -2.16. The standard InChI is InChI=1S/C21H15F2N3O/c1-26-11-5-8-18(21(26)27)17(19-12-16(22)9-10-20(19)23)7-4-2-3-6-15-13-24-25-14-15/h5,8-14,17H,7H2,1H3,(H,24,25). The Hall–Kier alpha value is -3.64. The predicted molar refractivity (Wildman–Crippen MR) is 97.7 cm³/mol. The van der Waals surface area contributed by atoms with Crippen LogP contribution in [-0.4, -0.2) is 14.8 Å². The summed E-state index contributed by atoms with van der Waals surface area (Å²) in [5.74, 6) is 9.15. The number of benzene rings is 1. The van der Waals surface area contributed by atoms with Crippen LogP contribution in [0.5, 0.6) is 0 Å². The second-order valence-electron chi connectivity index (χ2n) is 5.84. The predicted octanol–water partition coefficient (Wildman–Crippen LogP) is 2.96. The minimum atomic E-state index is -0.705.